The van der Waals surface area contributed by atoms with Crippen molar-refractivity contribution in [1.82, 2.24) is 0 Å². The van der Waals surface area contributed by atoms with Gasteiger partial charge in [-0.1, -0.05) is 29.8 Å². The van der Waals surface area contributed by atoms with E-state index >= 15 is 0 Å². The van der Waals surface area contributed by atoms with Crippen LogP contribution in [0.4, 0.5) is 17.1 Å². The topological polar surface area (TPSA) is 61.4 Å². The number of thiocarbonyl (C=S) groups is 1. The van der Waals surface area contributed by atoms with Gasteiger partial charge in [0.1, 0.15) is 0 Å². The highest BCUT2D eigenvalue weighted by molar-refractivity contribution is 7.92. The SMILES string of the molecule is O=S(=O)(c1ccc(NC(=S)Nc2ccc(Cl)cc2)cc1)N1CCCc2ccccc21. The lowest BCUT2D eigenvalue weighted by molar-refractivity contribution is 0.586. The molecule has 1 aliphatic rings. The predicted octanol–water partition coefficient (Wildman–Crippen LogP) is 5.29. The Balaban J connectivity index is 1.48. The number of nitrogens with zero attached hydrogens (tertiary/aromatic N) is 1. The van der Waals surface area contributed by atoms with Gasteiger partial charge in [0.15, 0.2) is 5.11 Å². The number of nitrogens with one attached hydrogen (secondary N) is 2. The first-order chi connectivity index (χ1) is 14.4. The van der Waals surface area contributed by atoms with E-state index in [-0.39, 0.29) is 4.90 Å². The quantitative estimate of drug-likeness (QED) is 0.521. The van der Waals surface area contributed by atoms with E-state index < -0.39 is 10.0 Å². The number of rotatable bonds is 4. The van der Waals surface area contributed by atoms with E-state index in [4.69, 9.17) is 23.8 Å². The van der Waals surface area contributed by atoms with E-state index in [1.165, 1.54) is 4.31 Å². The summed E-state index contributed by atoms with van der Waals surface area (Å²) in [6.07, 6.45) is 1.70. The van der Waals surface area contributed by atoms with E-state index in [0.717, 1.165) is 29.8 Å². The number of hydrogen-bond acceptors (Lipinski definition) is 3. The first-order valence-corrected chi connectivity index (χ1v) is 11.7. The predicted molar refractivity (Wildman–Crippen MR) is 127 cm³/mol. The summed E-state index contributed by atoms with van der Waals surface area (Å²) in [4.78, 5) is 0.251. The maximum Gasteiger partial charge on any atom is 0.264 e. The van der Waals surface area contributed by atoms with Crippen LogP contribution in [-0.4, -0.2) is 20.1 Å². The number of para-hydroxylation sites is 1. The molecule has 0 fully saturated rings. The molecule has 0 atom stereocenters. The summed E-state index contributed by atoms with van der Waals surface area (Å²) in [5.74, 6) is 0. The molecular formula is C22H20ClN3O2S2. The van der Waals surface area contributed by atoms with Crippen molar-refractivity contribution < 1.29 is 8.42 Å². The normalized spacial score (nSPS) is 13.4. The molecule has 1 heterocycles. The molecule has 0 bridgehead atoms. The highest BCUT2D eigenvalue weighted by Crippen LogP contribution is 2.32. The Hall–Kier alpha value is -2.61. The summed E-state index contributed by atoms with van der Waals surface area (Å²) in [6.45, 7) is 0.481. The highest BCUT2D eigenvalue weighted by atomic mass is 35.5. The van der Waals surface area contributed by atoms with Crippen molar-refractivity contribution in [2.24, 2.45) is 0 Å². The largest absolute Gasteiger partial charge is 0.332 e. The second kappa shape index (κ2) is 8.63. The third-order valence-corrected chi connectivity index (χ3v) is 7.15. The van der Waals surface area contributed by atoms with Crippen molar-refractivity contribution in [2.75, 3.05) is 21.5 Å². The van der Waals surface area contributed by atoms with E-state index in [0.29, 0.717) is 22.4 Å². The Kier molecular flexibility index (Phi) is 5.94. The molecule has 2 N–H and O–H groups in total. The third-order valence-electron chi connectivity index (χ3n) is 4.87. The average molecular weight is 458 g/mol. The van der Waals surface area contributed by atoms with Gasteiger partial charge in [-0.3, -0.25) is 4.31 Å². The first-order valence-electron chi connectivity index (χ1n) is 9.48. The monoisotopic (exact) mass is 457 g/mol. The van der Waals surface area contributed by atoms with Gasteiger partial charge in [-0.25, -0.2) is 8.42 Å². The van der Waals surface area contributed by atoms with Gasteiger partial charge in [0, 0.05) is 22.9 Å². The Labute approximate surface area is 186 Å². The zero-order valence-electron chi connectivity index (χ0n) is 16.0. The summed E-state index contributed by atoms with van der Waals surface area (Å²) in [5, 5.41) is 7.16. The minimum atomic E-state index is -3.63. The Morgan fingerprint density at radius 2 is 1.50 bits per heavy atom. The maximum atomic E-state index is 13.2. The Morgan fingerprint density at radius 3 is 2.17 bits per heavy atom. The van der Waals surface area contributed by atoms with Gasteiger partial charge < -0.3 is 10.6 Å². The zero-order chi connectivity index (χ0) is 21.1. The number of halogens is 1. The minimum absolute atomic E-state index is 0.251. The average Bonchev–Trinajstić information content (AvgIpc) is 2.75. The van der Waals surface area contributed by atoms with E-state index in [2.05, 4.69) is 10.6 Å². The molecule has 1 aliphatic heterocycles. The summed E-state index contributed by atoms with van der Waals surface area (Å²) in [5.41, 5.74) is 3.32. The lowest BCUT2D eigenvalue weighted by atomic mass is 10.0. The number of aryl methyl sites for hydroxylation is 1. The molecule has 0 aromatic heterocycles. The highest BCUT2D eigenvalue weighted by Gasteiger charge is 2.28. The molecule has 0 aliphatic carbocycles. The van der Waals surface area contributed by atoms with Gasteiger partial charge in [0.2, 0.25) is 0 Å². The smallest absolute Gasteiger partial charge is 0.264 e. The third kappa shape index (κ3) is 4.43. The summed E-state index contributed by atoms with van der Waals surface area (Å²) >= 11 is 11.2. The summed E-state index contributed by atoms with van der Waals surface area (Å²) in [6, 6.07) is 21.4. The van der Waals surface area contributed by atoms with Crippen LogP contribution in [-0.2, 0) is 16.4 Å². The molecule has 154 valence electrons. The Bertz CT molecular complexity index is 1160. The second-order valence-electron chi connectivity index (χ2n) is 6.92. The molecule has 0 amide bonds. The van der Waals surface area contributed by atoms with Crippen LogP contribution in [0.1, 0.15) is 12.0 Å². The van der Waals surface area contributed by atoms with Crippen LogP contribution in [0, 0.1) is 0 Å². The molecule has 3 aromatic carbocycles. The number of hydrogen-bond donors (Lipinski definition) is 2. The van der Waals surface area contributed by atoms with Crippen molar-refractivity contribution in [3.63, 3.8) is 0 Å². The van der Waals surface area contributed by atoms with Crippen LogP contribution in [0.25, 0.3) is 0 Å². The molecule has 0 radical (unpaired) electrons. The van der Waals surface area contributed by atoms with Gasteiger partial charge >= 0.3 is 0 Å². The van der Waals surface area contributed by atoms with Gasteiger partial charge in [0.05, 0.1) is 10.6 Å². The van der Waals surface area contributed by atoms with Crippen LogP contribution < -0.4 is 14.9 Å². The molecule has 30 heavy (non-hydrogen) atoms. The van der Waals surface area contributed by atoms with Crippen LogP contribution in [0.5, 0.6) is 0 Å². The molecule has 3 aromatic rings. The van der Waals surface area contributed by atoms with Crippen molar-refractivity contribution in [3.05, 3.63) is 83.4 Å². The fraction of sp³-hybridized carbons (Fsp3) is 0.136. The standard InChI is InChI=1S/C22H20ClN3O2S2/c23-17-7-9-18(10-8-17)24-22(29)25-19-11-13-20(14-12-19)30(27,28)26-15-3-5-16-4-1-2-6-21(16)26/h1-2,4,6-14H,3,5,15H2,(H2,24,25,29). The zero-order valence-corrected chi connectivity index (χ0v) is 18.4. The van der Waals surface area contributed by atoms with E-state index in [9.17, 15) is 8.42 Å². The number of benzene rings is 3. The van der Waals surface area contributed by atoms with Crippen molar-refractivity contribution >= 4 is 56.0 Å². The molecule has 0 unspecified atom stereocenters. The second-order valence-corrected chi connectivity index (χ2v) is 9.63. The molecule has 8 heteroatoms. The summed E-state index contributed by atoms with van der Waals surface area (Å²) < 4.78 is 27.9. The molecule has 4 rings (SSSR count). The fourth-order valence-electron chi connectivity index (χ4n) is 3.41. The van der Waals surface area contributed by atoms with Crippen molar-refractivity contribution in [2.45, 2.75) is 17.7 Å². The number of fused-ring (bicyclic) bond motifs is 1. The lowest BCUT2D eigenvalue weighted by Crippen LogP contribution is -2.35. The molecule has 0 saturated heterocycles. The molecule has 5 nitrogen and oxygen atoms in total. The van der Waals surface area contributed by atoms with Crippen LogP contribution in [0.3, 0.4) is 0 Å². The molecule has 0 saturated carbocycles. The maximum absolute atomic E-state index is 13.2. The van der Waals surface area contributed by atoms with Crippen molar-refractivity contribution in [1.29, 1.82) is 0 Å². The van der Waals surface area contributed by atoms with Gasteiger partial charge in [0.25, 0.3) is 10.0 Å². The van der Waals surface area contributed by atoms with Gasteiger partial charge in [-0.2, -0.15) is 0 Å². The van der Waals surface area contributed by atoms with Crippen LogP contribution in [0.15, 0.2) is 77.7 Å². The van der Waals surface area contributed by atoms with Crippen LogP contribution in [0.2, 0.25) is 5.02 Å². The fourth-order valence-corrected chi connectivity index (χ4v) is 5.32. The van der Waals surface area contributed by atoms with E-state index in [1.54, 1.807) is 36.4 Å². The van der Waals surface area contributed by atoms with Gasteiger partial charge in [-0.15, -0.1) is 0 Å². The lowest BCUT2D eigenvalue weighted by Gasteiger charge is -2.30. The minimum Gasteiger partial charge on any atom is -0.332 e. The van der Waals surface area contributed by atoms with Crippen molar-refractivity contribution in [3.8, 4) is 0 Å². The number of sulfonamides is 1. The molecular weight excluding hydrogens is 438 g/mol. The number of anilines is 3. The van der Waals surface area contributed by atoms with Gasteiger partial charge in [-0.05, 0) is 85.2 Å². The Morgan fingerprint density at radius 1 is 0.900 bits per heavy atom. The van der Waals surface area contributed by atoms with E-state index in [1.807, 2.05) is 36.4 Å². The first kappa shape index (κ1) is 20.7. The summed E-state index contributed by atoms with van der Waals surface area (Å²) in [7, 11) is -3.63. The molecule has 0 spiro atoms. The van der Waals surface area contributed by atoms with Crippen LogP contribution >= 0.6 is 23.8 Å².